The van der Waals surface area contributed by atoms with Crippen molar-refractivity contribution in [1.29, 1.82) is 5.41 Å². The molecule has 0 aliphatic heterocycles. The Bertz CT molecular complexity index is 190. The van der Waals surface area contributed by atoms with Gasteiger partial charge in [-0.3, -0.25) is 5.41 Å². The first-order valence-corrected chi connectivity index (χ1v) is 7.11. The van der Waals surface area contributed by atoms with Crippen molar-refractivity contribution in [2.75, 3.05) is 19.6 Å². The molecular formula is C14H31N3. The lowest BCUT2D eigenvalue weighted by atomic mass is 10.1. The molecule has 3 N–H and O–H groups in total. The lowest BCUT2D eigenvalue weighted by molar-refractivity contribution is 0.245. The number of nitrogens with one attached hydrogen (secondary N) is 1. The first-order valence-electron chi connectivity index (χ1n) is 7.11. The van der Waals surface area contributed by atoms with Gasteiger partial charge in [-0.1, -0.05) is 46.5 Å². The van der Waals surface area contributed by atoms with Crippen molar-refractivity contribution >= 4 is 5.84 Å². The minimum Gasteiger partial charge on any atom is -0.388 e. The highest BCUT2D eigenvalue weighted by atomic mass is 15.1. The molecule has 102 valence electrons. The molecule has 3 nitrogen and oxygen atoms in total. The zero-order chi connectivity index (χ0) is 13.1. The van der Waals surface area contributed by atoms with Gasteiger partial charge in [0.25, 0.3) is 0 Å². The van der Waals surface area contributed by atoms with Gasteiger partial charge in [0.05, 0.1) is 5.84 Å². The van der Waals surface area contributed by atoms with Gasteiger partial charge in [-0.15, -0.1) is 0 Å². The van der Waals surface area contributed by atoms with Crippen LogP contribution in [0, 0.1) is 11.3 Å². The first-order chi connectivity index (χ1) is 8.06. The maximum absolute atomic E-state index is 7.29. The second-order valence-corrected chi connectivity index (χ2v) is 5.38. The van der Waals surface area contributed by atoms with Gasteiger partial charge in [-0.25, -0.2) is 0 Å². The number of nitrogens with two attached hydrogens (primary N) is 1. The Balaban J connectivity index is 3.72. The number of nitrogens with zero attached hydrogens (tertiary/aromatic N) is 1. The van der Waals surface area contributed by atoms with E-state index in [0.717, 1.165) is 19.6 Å². The molecule has 0 fully saturated rings. The third kappa shape index (κ3) is 11.7. The van der Waals surface area contributed by atoms with Gasteiger partial charge < -0.3 is 10.6 Å². The van der Waals surface area contributed by atoms with Crippen LogP contribution in [0.4, 0.5) is 0 Å². The summed E-state index contributed by atoms with van der Waals surface area (Å²) in [4.78, 5) is 2.46. The van der Waals surface area contributed by atoms with Gasteiger partial charge in [-0.05, 0) is 18.9 Å². The topological polar surface area (TPSA) is 53.1 Å². The average molecular weight is 241 g/mol. The average Bonchev–Trinajstić information content (AvgIpc) is 2.24. The molecule has 0 radical (unpaired) electrons. The van der Waals surface area contributed by atoms with Crippen LogP contribution in [0.15, 0.2) is 0 Å². The lowest BCUT2D eigenvalue weighted by Gasteiger charge is -2.24. The van der Waals surface area contributed by atoms with E-state index in [1.54, 1.807) is 0 Å². The summed E-state index contributed by atoms with van der Waals surface area (Å²) in [6.45, 7) is 9.98. The number of unbranched alkanes of at least 4 members (excludes halogenated alkanes) is 4. The largest absolute Gasteiger partial charge is 0.388 e. The molecule has 17 heavy (non-hydrogen) atoms. The Labute approximate surface area is 107 Å². The highest BCUT2D eigenvalue weighted by Gasteiger charge is 2.07. The Morgan fingerprint density at radius 2 is 1.76 bits per heavy atom. The van der Waals surface area contributed by atoms with Crippen LogP contribution in [-0.4, -0.2) is 30.4 Å². The van der Waals surface area contributed by atoms with Gasteiger partial charge in [0.1, 0.15) is 0 Å². The van der Waals surface area contributed by atoms with Crippen LogP contribution in [0.3, 0.4) is 0 Å². The number of hydrogen-bond acceptors (Lipinski definition) is 2. The van der Waals surface area contributed by atoms with E-state index >= 15 is 0 Å². The summed E-state index contributed by atoms with van der Waals surface area (Å²) in [5.41, 5.74) is 5.42. The molecule has 0 rings (SSSR count). The van der Waals surface area contributed by atoms with Gasteiger partial charge in [0, 0.05) is 19.5 Å². The van der Waals surface area contributed by atoms with E-state index in [0.29, 0.717) is 18.2 Å². The van der Waals surface area contributed by atoms with Crippen LogP contribution in [0.1, 0.15) is 59.3 Å². The maximum Gasteiger partial charge on any atom is 0.0918 e. The molecule has 0 unspecified atom stereocenters. The third-order valence-electron chi connectivity index (χ3n) is 2.90. The predicted molar refractivity (Wildman–Crippen MR) is 76.6 cm³/mol. The zero-order valence-corrected chi connectivity index (χ0v) is 12.0. The predicted octanol–water partition coefficient (Wildman–Crippen LogP) is 3.24. The second-order valence-electron chi connectivity index (χ2n) is 5.38. The van der Waals surface area contributed by atoms with E-state index in [9.17, 15) is 0 Å². The third-order valence-corrected chi connectivity index (χ3v) is 2.90. The van der Waals surface area contributed by atoms with Crippen LogP contribution in [-0.2, 0) is 0 Å². The molecule has 0 aliphatic carbocycles. The van der Waals surface area contributed by atoms with Crippen molar-refractivity contribution in [2.24, 2.45) is 11.7 Å². The van der Waals surface area contributed by atoms with Crippen molar-refractivity contribution in [3.63, 3.8) is 0 Å². The van der Waals surface area contributed by atoms with Gasteiger partial charge in [-0.2, -0.15) is 0 Å². The molecule has 0 spiro atoms. The molecule has 0 bridgehead atoms. The molecule has 0 aromatic heterocycles. The number of hydrogen-bond donors (Lipinski definition) is 2. The van der Waals surface area contributed by atoms with Crippen LogP contribution in [0.25, 0.3) is 0 Å². The normalized spacial score (nSPS) is 11.4. The monoisotopic (exact) mass is 241 g/mol. The van der Waals surface area contributed by atoms with E-state index in [-0.39, 0.29) is 0 Å². The molecule has 0 saturated carbocycles. The minimum absolute atomic E-state index is 0.310. The summed E-state index contributed by atoms with van der Waals surface area (Å²) in [5, 5.41) is 7.29. The molecule has 0 aromatic carbocycles. The highest BCUT2D eigenvalue weighted by molar-refractivity contribution is 5.76. The molecule has 0 heterocycles. The lowest BCUT2D eigenvalue weighted by Crippen LogP contribution is -2.32. The fraction of sp³-hybridized carbons (Fsp3) is 0.929. The number of amidine groups is 1. The van der Waals surface area contributed by atoms with E-state index in [1.165, 1.54) is 32.1 Å². The molecule has 0 atom stereocenters. The van der Waals surface area contributed by atoms with Gasteiger partial charge in [0.2, 0.25) is 0 Å². The Morgan fingerprint density at radius 3 is 2.29 bits per heavy atom. The summed E-state index contributed by atoms with van der Waals surface area (Å²) in [5.74, 6) is 1.00. The van der Waals surface area contributed by atoms with Crippen LogP contribution < -0.4 is 5.73 Å². The Hall–Kier alpha value is -0.570. The fourth-order valence-corrected chi connectivity index (χ4v) is 2.03. The van der Waals surface area contributed by atoms with Crippen LogP contribution in [0.5, 0.6) is 0 Å². The molecule has 3 heteroatoms. The van der Waals surface area contributed by atoms with E-state index in [4.69, 9.17) is 11.1 Å². The molecule has 0 aliphatic rings. The quantitative estimate of drug-likeness (QED) is 0.331. The van der Waals surface area contributed by atoms with Crippen LogP contribution >= 0.6 is 0 Å². The number of rotatable bonds is 11. The van der Waals surface area contributed by atoms with Gasteiger partial charge in [0.15, 0.2) is 0 Å². The van der Waals surface area contributed by atoms with Crippen LogP contribution in [0.2, 0.25) is 0 Å². The zero-order valence-electron chi connectivity index (χ0n) is 12.0. The highest BCUT2D eigenvalue weighted by Crippen LogP contribution is 2.06. The first kappa shape index (κ1) is 16.4. The summed E-state index contributed by atoms with van der Waals surface area (Å²) >= 11 is 0. The summed E-state index contributed by atoms with van der Waals surface area (Å²) < 4.78 is 0. The van der Waals surface area contributed by atoms with Crippen molar-refractivity contribution in [1.82, 2.24) is 4.90 Å². The summed E-state index contributed by atoms with van der Waals surface area (Å²) in [6, 6.07) is 0. The minimum atomic E-state index is 0.310. The van der Waals surface area contributed by atoms with E-state index in [1.807, 2.05) is 0 Å². The smallest absolute Gasteiger partial charge is 0.0918 e. The van der Waals surface area contributed by atoms with Crippen molar-refractivity contribution in [2.45, 2.75) is 59.3 Å². The molecule has 0 amide bonds. The Kier molecular flexibility index (Phi) is 10.2. The van der Waals surface area contributed by atoms with Crippen molar-refractivity contribution in [3.8, 4) is 0 Å². The molecular weight excluding hydrogens is 210 g/mol. The second kappa shape index (κ2) is 10.6. The maximum atomic E-state index is 7.29. The van der Waals surface area contributed by atoms with E-state index < -0.39 is 0 Å². The summed E-state index contributed by atoms with van der Waals surface area (Å²) in [6.07, 6.45) is 7.35. The summed E-state index contributed by atoms with van der Waals surface area (Å²) in [7, 11) is 0. The van der Waals surface area contributed by atoms with E-state index in [2.05, 4.69) is 25.7 Å². The molecule has 0 saturated heterocycles. The fourth-order valence-electron chi connectivity index (χ4n) is 2.03. The Morgan fingerprint density at radius 1 is 1.12 bits per heavy atom. The SMILES string of the molecule is CCCCCCCN(CCC(=N)N)CC(C)C. The standard InChI is InChI=1S/C14H31N3/c1-4-5-6-7-8-10-17(12-13(2)3)11-9-14(15)16/h13H,4-12H2,1-3H3,(H3,15,16). The van der Waals surface area contributed by atoms with Gasteiger partial charge >= 0.3 is 0 Å². The van der Waals surface area contributed by atoms with Crippen molar-refractivity contribution < 1.29 is 0 Å². The van der Waals surface area contributed by atoms with Crippen molar-refractivity contribution in [3.05, 3.63) is 0 Å². The molecule has 0 aromatic rings.